The van der Waals surface area contributed by atoms with Crippen LogP contribution in [0, 0.1) is 5.82 Å². The zero-order valence-electron chi connectivity index (χ0n) is 11.0. The second-order valence-electron chi connectivity index (χ2n) is 4.72. The number of hydrogen-bond acceptors (Lipinski definition) is 3. The monoisotopic (exact) mass is 304 g/mol. The fourth-order valence-corrected chi connectivity index (χ4v) is 2.05. The number of halogens is 4. The van der Waals surface area contributed by atoms with Crippen LogP contribution in [0.15, 0.2) is 18.2 Å². The van der Waals surface area contributed by atoms with Crippen molar-refractivity contribution in [2.45, 2.75) is 25.1 Å². The van der Waals surface area contributed by atoms with Crippen LogP contribution < -0.4 is 5.32 Å². The van der Waals surface area contributed by atoms with Gasteiger partial charge in [0.2, 0.25) is 5.91 Å². The van der Waals surface area contributed by atoms with E-state index in [4.69, 9.17) is 0 Å². The molecule has 0 radical (unpaired) electrons. The Balaban J connectivity index is 2.17. The van der Waals surface area contributed by atoms with Crippen molar-refractivity contribution in [3.05, 3.63) is 29.6 Å². The summed E-state index contributed by atoms with van der Waals surface area (Å²) in [6, 6.07) is 1.19. The Morgan fingerprint density at radius 1 is 1.29 bits per heavy atom. The van der Waals surface area contributed by atoms with Gasteiger partial charge in [0, 0.05) is 13.5 Å². The fourth-order valence-electron chi connectivity index (χ4n) is 2.05. The summed E-state index contributed by atoms with van der Waals surface area (Å²) in [5, 5.41) is 2.54. The molecule has 21 heavy (non-hydrogen) atoms. The zero-order chi connectivity index (χ0) is 15.8. The van der Waals surface area contributed by atoms with E-state index in [2.05, 4.69) is 5.32 Å². The number of hydrogen-bond donors (Lipinski definition) is 1. The van der Waals surface area contributed by atoms with E-state index in [1.165, 1.54) is 7.05 Å². The Labute approximate surface area is 117 Å². The van der Waals surface area contributed by atoms with E-state index >= 15 is 0 Å². The Hall–Kier alpha value is -2.12. The molecule has 8 heteroatoms. The molecular weight excluding hydrogens is 292 g/mol. The van der Waals surface area contributed by atoms with Gasteiger partial charge in [-0.25, -0.2) is 4.39 Å². The van der Waals surface area contributed by atoms with Gasteiger partial charge >= 0.3 is 6.18 Å². The fraction of sp³-hybridized carbons (Fsp3) is 0.385. The van der Waals surface area contributed by atoms with Crippen LogP contribution in [0.25, 0.3) is 0 Å². The molecule has 4 nitrogen and oxygen atoms in total. The lowest BCUT2D eigenvalue weighted by Gasteiger charge is -2.29. The topological polar surface area (TPSA) is 49.4 Å². The number of anilines is 1. The van der Waals surface area contributed by atoms with Crippen LogP contribution in [0.5, 0.6) is 0 Å². The highest BCUT2D eigenvalue weighted by Gasteiger charge is 2.33. The summed E-state index contributed by atoms with van der Waals surface area (Å²) < 4.78 is 51.0. The number of carbonyl (C=O) groups excluding carboxylic acids is 2. The standard InChI is InChI=1S/C13H12F4N2O2/c1-19-11(20)5-4-10(12(19)21)18-9-3-2-7(6-8(9)14)13(15,16)17/h2-3,6,10,18H,4-5H2,1H3. The number of alkyl halides is 3. The summed E-state index contributed by atoms with van der Waals surface area (Å²) in [6.07, 6.45) is -4.35. The molecule has 1 aliphatic heterocycles. The number of imide groups is 1. The maximum absolute atomic E-state index is 13.7. The largest absolute Gasteiger partial charge is 0.416 e. The number of benzene rings is 1. The summed E-state index contributed by atoms with van der Waals surface area (Å²) >= 11 is 0. The Morgan fingerprint density at radius 3 is 2.52 bits per heavy atom. The van der Waals surface area contributed by atoms with Crippen molar-refractivity contribution in [2.24, 2.45) is 0 Å². The zero-order valence-corrected chi connectivity index (χ0v) is 11.0. The predicted octanol–water partition coefficient (Wildman–Crippen LogP) is 2.40. The highest BCUT2D eigenvalue weighted by Crippen LogP contribution is 2.31. The molecule has 0 bridgehead atoms. The number of likely N-dealkylation sites (N-methyl/N-ethyl adjacent to an activating group) is 1. The highest BCUT2D eigenvalue weighted by molar-refractivity contribution is 6.01. The van der Waals surface area contributed by atoms with Crippen LogP contribution in [-0.4, -0.2) is 29.8 Å². The molecule has 1 N–H and O–H groups in total. The number of amides is 2. The predicted molar refractivity (Wildman–Crippen MR) is 65.8 cm³/mol. The van der Waals surface area contributed by atoms with E-state index in [0.717, 1.165) is 17.0 Å². The number of carbonyl (C=O) groups is 2. The third-order valence-electron chi connectivity index (χ3n) is 3.28. The molecule has 1 aromatic carbocycles. The molecule has 1 aromatic rings. The van der Waals surface area contributed by atoms with E-state index in [-0.39, 0.29) is 24.4 Å². The maximum Gasteiger partial charge on any atom is 0.416 e. The van der Waals surface area contributed by atoms with Gasteiger partial charge < -0.3 is 5.32 Å². The van der Waals surface area contributed by atoms with E-state index in [0.29, 0.717) is 6.07 Å². The molecule has 0 aromatic heterocycles. The van der Waals surface area contributed by atoms with Gasteiger partial charge in [0.05, 0.1) is 11.3 Å². The van der Waals surface area contributed by atoms with Crippen LogP contribution in [0.1, 0.15) is 18.4 Å². The Morgan fingerprint density at radius 2 is 1.95 bits per heavy atom. The summed E-state index contributed by atoms with van der Waals surface area (Å²) in [4.78, 5) is 24.0. The summed E-state index contributed by atoms with van der Waals surface area (Å²) in [5.74, 6) is -1.98. The quantitative estimate of drug-likeness (QED) is 0.674. The van der Waals surface area contributed by atoms with Crippen LogP contribution in [0.3, 0.4) is 0 Å². The molecule has 114 valence electrons. The minimum atomic E-state index is -4.63. The number of piperidine rings is 1. The first-order valence-electron chi connectivity index (χ1n) is 6.14. The molecule has 0 aliphatic carbocycles. The first-order chi connectivity index (χ1) is 9.70. The van der Waals surface area contributed by atoms with Crippen molar-refractivity contribution in [3.63, 3.8) is 0 Å². The van der Waals surface area contributed by atoms with Gasteiger partial charge in [-0.1, -0.05) is 0 Å². The lowest BCUT2D eigenvalue weighted by atomic mass is 10.0. The number of nitrogens with zero attached hydrogens (tertiary/aromatic N) is 1. The van der Waals surface area contributed by atoms with Gasteiger partial charge in [-0.05, 0) is 24.6 Å². The number of nitrogens with one attached hydrogen (secondary N) is 1. The minimum Gasteiger partial charge on any atom is -0.371 e. The molecular formula is C13H12F4N2O2. The van der Waals surface area contributed by atoms with Crippen LogP contribution in [0.4, 0.5) is 23.2 Å². The average molecular weight is 304 g/mol. The second kappa shape index (κ2) is 5.34. The summed E-state index contributed by atoms with van der Waals surface area (Å²) in [7, 11) is 1.31. The van der Waals surface area contributed by atoms with Crippen molar-refractivity contribution < 1.29 is 27.2 Å². The average Bonchev–Trinajstić information content (AvgIpc) is 2.40. The van der Waals surface area contributed by atoms with E-state index < -0.39 is 29.5 Å². The van der Waals surface area contributed by atoms with Gasteiger partial charge in [-0.15, -0.1) is 0 Å². The van der Waals surface area contributed by atoms with E-state index in [9.17, 15) is 27.2 Å². The molecule has 1 aliphatic rings. The van der Waals surface area contributed by atoms with Gasteiger partial charge in [0.25, 0.3) is 5.91 Å². The van der Waals surface area contributed by atoms with Gasteiger partial charge in [0.1, 0.15) is 11.9 Å². The number of rotatable bonds is 2. The molecule has 2 amide bonds. The molecule has 2 rings (SSSR count). The summed E-state index contributed by atoms with van der Waals surface area (Å²) in [6.45, 7) is 0. The second-order valence-corrected chi connectivity index (χ2v) is 4.72. The van der Waals surface area contributed by atoms with Crippen molar-refractivity contribution in [3.8, 4) is 0 Å². The molecule has 1 saturated heterocycles. The van der Waals surface area contributed by atoms with Crippen molar-refractivity contribution in [1.82, 2.24) is 4.90 Å². The van der Waals surface area contributed by atoms with Crippen LogP contribution in [0.2, 0.25) is 0 Å². The molecule has 0 saturated carbocycles. The van der Waals surface area contributed by atoms with Crippen molar-refractivity contribution >= 4 is 17.5 Å². The maximum atomic E-state index is 13.7. The third-order valence-corrected chi connectivity index (χ3v) is 3.28. The molecule has 1 fully saturated rings. The Bertz CT molecular complexity index is 586. The summed E-state index contributed by atoms with van der Waals surface area (Å²) in [5.41, 5.74) is -1.31. The normalized spacial score (nSPS) is 19.9. The third kappa shape index (κ3) is 3.14. The number of likely N-dealkylation sites (tertiary alicyclic amines) is 1. The highest BCUT2D eigenvalue weighted by atomic mass is 19.4. The minimum absolute atomic E-state index is 0.113. The molecule has 1 unspecified atom stereocenters. The Kier molecular flexibility index (Phi) is 3.89. The first-order valence-corrected chi connectivity index (χ1v) is 6.14. The molecule has 0 spiro atoms. The molecule has 1 heterocycles. The van der Waals surface area contributed by atoms with Crippen molar-refractivity contribution in [1.29, 1.82) is 0 Å². The molecule has 1 atom stereocenters. The van der Waals surface area contributed by atoms with Gasteiger partial charge in [-0.3, -0.25) is 14.5 Å². The lowest BCUT2D eigenvalue weighted by molar-refractivity contribution is -0.146. The SMILES string of the molecule is CN1C(=O)CCC(Nc2ccc(C(F)(F)F)cc2F)C1=O. The van der Waals surface area contributed by atoms with Crippen LogP contribution in [-0.2, 0) is 15.8 Å². The van der Waals surface area contributed by atoms with Gasteiger partial charge in [-0.2, -0.15) is 13.2 Å². The smallest absolute Gasteiger partial charge is 0.371 e. The lowest BCUT2D eigenvalue weighted by Crippen LogP contribution is -2.48. The van der Waals surface area contributed by atoms with E-state index in [1.807, 2.05) is 0 Å². The van der Waals surface area contributed by atoms with E-state index in [1.54, 1.807) is 0 Å². The van der Waals surface area contributed by atoms with Crippen LogP contribution >= 0.6 is 0 Å². The van der Waals surface area contributed by atoms with Crippen molar-refractivity contribution in [2.75, 3.05) is 12.4 Å². The van der Waals surface area contributed by atoms with Gasteiger partial charge in [0.15, 0.2) is 0 Å². The first kappa shape index (κ1) is 15.3.